The van der Waals surface area contributed by atoms with Crippen molar-refractivity contribution >= 4 is 40.5 Å². The van der Waals surface area contributed by atoms with Crippen molar-refractivity contribution in [1.29, 1.82) is 0 Å². The van der Waals surface area contributed by atoms with Gasteiger partial charge in [0, 0.05) is 6.08 Å². The van der Waals surface area contributed by atoms with Gasteiger partial charge in [0.1, 0.15) is 0 Å². The predicted octanol–water partition coefficient (Wildman–Crippen LogP) is 3.50. The lowest BCUT2D eigenvalue weighted by Gasteiger charge is -2.26. The molecule has 0 rings (SSSR count). The summed E-state index contributed by atoms with van der Waals surface area (Å²) < 4.78 is 16.1. The first-order chi connectivity index (χ1) is 11.9. The molecule has 6 nitrogen and oxygen atoms in total. The molecule has 0 radical (unpaired) electrons. The van der Waals surface area contributed by atoms with Crippen LogP contribution >= 0.6 is 22.6 Å². The van der Waals surface area contributed by atoms with Crippen molar-refractivity contribution in [3.63, 3.8) is 0 Å². The van der Waals surface area contributed by atoms with Gasteiger partial charge in [0.25, 0.3) is 0 Å². The molecule has 0 N–H and O–H groups in total. The average Bonchev–Trinajstić information content (AvgIpc) is 2.63. The van der Waals surface area contributed by atoms with Crippen molar-refractivity contribution in [2.75, 3.05) is 21.3 Å². The standard InChI is InChI=1S/C18H25IO6/c1-14(8-5-6-13-19)10-12-18(16(21)24-3,17(22)25-4)11-7-9-15(20)23-2/h6-7,9-10,13H,5,8,11-12H2,1-4H3/b9-7+,13-6-,14-10+. The second kappa shape index (κ2) is 12.7. The molecule has 0 atom stereocenters. The summed E-state index contributed by atoms with van der Waals surface area (Å²) in [6.07, 6.45) is 8.24. The lowest BCUT2D eigenvalue weighted by atomic mass is 9.80. The van der Waals surface area contributed by atoms with E-state index >= 15 is 0 Å². The predicted molar refractivity (Wildman–Crippen MR) is 103 cm³/mol. The van der Waals surface area contributed by atoms with Crippen LogP contribution in [-0.2, 0) is 28.6 Å². The topological polar surface area (TPSA) is 78.9 Å². The molecule has 0 heterocycles. The zero-order chi connectivity index (χ0) is 19.3. The molecule has 0 aliphatic rings. The minimum atomic E-state index is -1.53. The summed E-state index contributed by atoms with van der Waals surface area (Å²) in [5.74, 6) is -1.98. The van der Waals surface area contributed by atoms with Crippen molar-refractivity contribution in [2.24, 2.45) is 5.41 Å². The summed E-state index contributed by atoms with van der Waals surface area (Å²) in [6.45, 7) is 1.94. The van der Waals surface area contributed by atoms with E-state index in [1.807, 2.05) is 23.2 Å². The molecule has 7 heteroatoms. The van der Waals surface area contributed by atoms with Crippen LogP contribution in [0.3, 0.4) is 0 Å². The van der Waals surface area contributed by atoms with Crippen LogP contribution < -0.4 is 0 Å². The van der Waals surface area contributed by atoms with E-state index in [1.54, 1.807) is 0 Å². The molecule has 0 aromatic heterocycles. The van der Waals surface area contributed by atoms with Crippen LogP contribution in [0.5, 0.6) is 0 Å². The third kappa shape index (κ3) is 7.85. The lowest BCUT2D eigenvalue weighted by Crippen LogP contribution is -2.40. The summed E-state index contributed by atoms with van der Waals surface area (Å²) in [6, 6.07) is 0. The highest BCUT2D eigenvalue weighted by Crippen LogP contribution is 2.32. The molecule has 140 valence electrons. The Labute approximate surface area is 162 Å². The largest absolute Gasteiger partial charge is 0.468 e. The molecule has 0 saturated carbocycles. The zero-order valence-electron chi connectivity index (χ0n) is 15.0. The van der Waals surface area contributed by atoms with Gasteiger partial charge in [0.05, 0.1) is 21.3 Å². The number of rotatable bonds is 10. The number of hydrogen-bond donors (Lipinski definition) is 0. The summed E-state index contributed by atoms with van der Waals surface area (Å²) in [5.41, 5.74) is -0.488. The zero-order valence-corrected chi connectivity index (χ0v) is 17.2. The summed E-state index contributed by atoms with van der Waals surface area (Å²) >= 11 is 2.15. The Morgan fingerprint density at radius 1 is 0.960 bits per heavy atom. The molecule has 0 spiro atoms. The number of halogens is 1. The molecule has 0 aromatic carbocycles. The van der Waals surface area contributed by atoms with Gasteiger partial charge in [-0.2, -0.15) is 0 Å². The second-order valence-corrected chi connectivity index (χ2v) is 6.07. The van der Waals surface area contributed by atoms with Gasteiger partial charge in [-0.3, -0.25) is 9.59 Å². The number of carbonyl (C=O) groups is 3. The number of allylic oxidation sites excluding steroid dienone is 4. The van der Waals surface area contributed by atoms with Gasteiger partial charge in [-0.05, 0) is 36.7 Å². The van der Waals surface area contributed by atoms with E-state index in [0.29, 0.717) is 0 Å². The lowest BCUT2D eigenvalue weighted by molar-refractivity contribution is -0.168. The van der Waals surface area contributed by atoms with E-state index in [9.17, 15) is 14.4 Å². The molecule has 0 bridgehead atoms. The smallest absolute Gasteiger partial charge is 0.330 e. The molecule has 0 fully saturated rings. The Kier molecular flexibility index (Phi) is 11.9. The Morgan fingerprint density at radius 3 is 2.04 bits per heavy atom. The van der Waals surface area contributed by atoms with Crippen LogP contribution in [0.15, 0.2) is 34.0 Å². The van der Waals surface area contributed by atoms with Gasteiger partial charge >= 0.3 is 17.9 Å². The van der Waals surface area contributed by atoms with Crippen LogP contribution in [0, 0.1) is 5.41 Å². The highest BCUT2D eigenvalue weighted by atomic mass is 127. The minimum absolute atomic E-state index is 0.0289. The molecular formula is C18H25IO6. The SMILES string of the molecule is COC(=O)/C=C/CC(C/C=C(\C)CC/C=C\I)(C(=O)OC)C(=O)OC. The van der Waals surface area contributed by atoms with Gasteiger partial charge in [-0.1, -0.05) is 46.4 Å². The first-order valence-corrected chi connectivity index (χ1v) is 8.94. The third-order valence-electron chi connectivity index (χ3n) is 3.67. The van der Waals surface area contributed by atoms with E-state index in [1.165, 1.54) is 33.5 Å². The number of esters is 3. The average molecular weight is 464 g/mol. The van der Waals surface area contributed by atoms with Gasteiger partial charge < -0.3 is 14.2 Å². The second-order valence-electron chi connectivity index (χ2n) is 5.35. The van der Waals surface area contributed by atoms with Crippen LogP contribution in [-0.4, -0.2) is 39.2 Å². The third-order valence-corrected chi connectivity index (χ3v) is 4.18. The van der Waals surface area contributed by atoms with Crippen molar-refractivity contribution in [3.8, 4) is 0 Å². The van der Waals surface area contributed by atoms with Crippen LogP contribution in [0.4, 0.5) is 0 Å². The highest BCUT2D eigenvalue weighted by Gasteiger charge is 2.46. The molecule has 25 heavy (non-hydrogen) atoms. The van der Waals surface area contributed by atoms with Crippen molar-refractivity contribution in [1.82, 2.24) is 0 Å². The summed E-state index contributed by atoms with van der Waals surface area (Å²) in [5, 5.41) is 0. The van der Waals surface area contributed by atoms with Crippen molar-refractivity contribution in [2.45, 2.75) is 32.6 Å². The van der Waals surface area contributed by atoms with Crippen LogP contribution in [0.1, 0.15) is 32.6 Å². The fraction of sp³-hybridized carbons (Fsp3) is 0.500. The first kappa shape index (κ1) is 23.4. The number of carbonyl (C=O) groups excluding carboxylic acids is 3. The van der Waals surface area contributed by atoms with E-state index < -0.39 is 23.3 Å². The quantitative estimate of drug-likeness (QED) is 0.123. The van der Waals surface area contributed by atoms with E-state index in [2.05, 4.69) is 27.3 Å². The normalized spacial score (nSPS) is 12.4. The molecule has 0 amide bonds. The molecular weight excluding hydrogens is 439 g/mol. The number of hydrogen-bond acceptors (Lipinski definition) is 6. The summed E-state index contributed by atoms with van der Waals surface area (Å²) in [4.78, 5) is 35.9. The van der Waals surface area contributed by atoms with E-state index in [0.717, 1.165) is 18.4 Å². The summed E-state index contributed by atoms with van der Waals surface area (Å²) in [7, 11) is 3.68. The minimum Gasteiger partial charge on any atom is -0.468 e. The van der Waals surface area contributed by atoms with Crippen molar-refractivity contribution in [3.05, 3.63) is 34.0 Å². The van der Waals surface area contributed by atoms with Gasteiger partial charge in [0.15, 0.2) is 5.41 Å². The van der Waals surface area contributed by atoms with Crippen molar-refractivity contribution < 1.29 is 28.6 Å². The fourth-order valence-electron chi connectivity index (χ4n) is 2.14. The number of methoxy groups -OCH3 is 3. The van der Waals surface area contributed by atoms with E-state index in [-0.39, 0.29) is 12.8 Å². The molecule has 0 aliphatic carbocycles. The monoisotopic (exact) mass is 464 g/mol. The maximum absolute atomic E-state index is 12.3. The molecule has 0 saturated heterocycles. The Balaban J connectivity index is 5.50. The maximum Gasteiger partial charge on any atom is 0.330 e. The maximum atomic E-state index is 12.3. The Bertz CT molecular complexity index is 532. The van der Waals surface area contributed by atoms with Crippen LogP contribution in [0.25, 0.3) is 0 Å². The number of ether oxygens (including phenoxy) is 3. The molecule has 0 aliphatic heterocycles. The fourth-order valence-corrected chi connectivity index (χ4v) is 2.50. The molecule has 0 aromatic rings. The Hall–Kier alpha value is -1.64. The van der Waals surface area contributed by atoms with E-state index in [4.69, 9.17) is 9.47 Å². The van der Waals surface area contributed by atoms with Crippen LogP contribution in [0.2, 0.25) is 0 Å². The molecule has 0 unspecified atom stereocenters. The Morgan fingerprint density at radius 2 is 1.56 bits per heavy atom. The first-order valence-electron chi connectivity index (χ1n) is 7.70. The highest BCUT2D eigenvalue weighted by molar-refractivity contribution is 14.1. The van der Waals surface area contributed by atoms with Gasteiger partial charge in [-0.15, -0.1) is 0 Å². The van der Waals surface area contributed by atoms with Gasteiger partial charge in [0.2, 0.25) is 0 Å². The van der Waals surface area contributed by atoms with Gasteiger partial charge in [-0.25, -0.2) is 4.79 Å².